The van der Waals surface area contributed by atoms with E-state index < -0.39 is 49.9 Å². The molecule has 38 heavy (non-hydrogen) atoms. The number of rotatable bonds is 11. The summed E-state index contributed by atoms with van der Waals surface area (Å²) in [6.07, 6.45) is 2.74. The van der Waals surface area contributed by atoms with Crippen LogP contribution in [0.5, 0.6) is 0 Å². The van der Waals surface area contributed by atoms with Crippen LogP contribution in [0.2, 0.25) is 0 Å². The Morgan fingerprint density at radius 3 is 2.00 bits per heavy atom. The number of hydrogen-bond donors (Lipinski definition) is 1. The summed E-state index contributed by atoms with van der Waals surface area (Å²) in [5, 5.41) is 1.36. The molecule has 0 aliphatic heterocycles. The smallest absolute Gasteiger partial charge is 0.333 e. The molecule has 214 valence electrons. The fourth-order valence-corrected chi connectivity index (χ4v) is 6.28. The monoisotopic (exact) mass is 550 g/mol. The molecule has 0 aliphatic carbocycles. The lowest BCUT2D eigenvalue weighted by molar-refractivity contribution is -0.140. The average Bonchev–Trinajstić information content (AvgIpc) is 2.78. The number of likely N-dealkylation sites (N-methyl/N-ethyl adjacent to an activating group) is 1. The molecule has 1 N–H and O–H groups in total. The van der Waals surface area contributed by atoms with Gasteiger partial charge in [0.15, 0.2) is 9.84 Å². The number of ether oxygens (including phenoxy) is 1. The third kappa shape index (κ3) is 8.41. The normalized spacial score (nSPS) is 15.4. The maximum atomic E-state index is 13.9. The number of amides is 2. The number of benzene rings is 1. The van der Waals surface area contributed by atoms with E-state index in [-0.39, 0.29) is 18.4 Å². The van der Waals surface area contributed by atoms with Gasteiger partial charge in [-0.3, -0.25) is 9.59 Å². The number of esters is 1. The molecule has 1 aromatic rings. The van der Waals surface area contributed by atoms with Crippen molar-refractivity contribution in [1.82, 2.24) is 10.2 Å². The van der Waals surface area contributed by atoms with Gasteiger partial charge in [0.25, 0.3) is 0 Å². The molecule has 0 saturated carbocycles. The molecule has 0 unspecified atom stereocenters. The topological polar surface area (TPSA) is 110 Å². The van der Waals surface area contributed by atoms with Crippen molar-refractivity contribution in [3.05, 3.63) is 47.5 Å². The van der Waals surface area contributed by atoms with E-state index in [2.05, 4.69) is 5.32 Å². The Labute approximate surface area is 229 Å². The number of carbonyl (C=O) groups excluding carboxylic acids is 3. The zero-order valence-electron chi connectivity index (χ0n) is 24.8. The van der Waals surface area contributed by atoms with Gasteiger partial charge in [-0.1, -0.05) is 84.9 Å². The van der Waals surface area contributed by atoms with Crippen LogP contribution in [-0.4, -0.2) is 68.3 Å². The molecule has 0 heterocycles. The lowest BCUT2D eigenvalue weighted by Crippen LogP contribution is -2.60. The molecule has 0 saturated heterocycles. The quantitative estimate of drug-likeness (QED) is 0.331. The van der Waals surface area contributed by atoms with E-state index in [9.17, 15) is 22.8 Å². The highest BCUT2D eigenvalue weighted by Crippen LogP contribution is 2.32. The number of carbonyl (C=O) groups is 3. The Morgan fingerprint density at radius 1 is 1.05 bits per heavy atom. The van der Waals surface area contributed by atoms with Crippen LogP contribution in [0.1, 0.15) is 67.9 Å². The van der Waals surface area contributed by atoms with E-state index in [1.54, 1.807) is 65.1 Å². The summed E-state index contributed by atoms with van der Waals surface area (Å²) in [4.78, 5) is 41.3. The molecule has 1 aromatic carbocycles. The molecule has 0 aliphatic rings. The van der Waals surface area contributed by atoms with Gasteiger partial charge in [0.05, 0.1) is 12.6 Å². The fourth-order valence-electron chi connectivity index (χ4n) is 4.61. The molecule has 8 nitrogen and oxygen atoms in total. The summed E-state index contributed by atoms with van der Waals surface area (Å²) in [6.45, 7) is 16.3. The van der Waals surface area contributed by atoms with Crippen LogP contribution in [0.25, 0.3) is 0 Å². The van der Waals surface area contributed by atoms with Gasteiger partial charge in [0, 0.05) is 24.3 Å². The van der Waals surface area contributed by atoms with Crippen LogP contribution < -0.4 is 5.32 Å². The molecular weight excluding hydrogens is 504 g/mol. The van der Waals surface area contributed by atoms with Crippen LogP contribution >= 0.6 is 0 Å². The van der Waals surface area contributed by atoms with Crippen molar-refractivity contribution in [2.75, 3.05) is 19.9 Å². The van der Waals surface area contributed by atoms with Gasteiger partial charge >= 0.3 is 5.97 Å². The van der Waals surface area contributed by atoms with Crippen LogP contribution in [-0.2, 0) is 34.4 Å². The van der Waals surface area contributed by atoms with Crippen molar-refractivity contribution >= 4 is 27.6 Å². The van der Waals surface area contributed by atoms with Gasteiger partial charge in [0.2, 0.25) is 11.8 Å². The highest BCUT2D eigenvalue weighted by Gasteiger charge is 2.46. The van der Waals surface area contributed by atoms with E-state index in [1.165, 1.54) is 4.90 Å². The predicted molar refractivity (Wildman–Crippen MR) is 151 cm³/mol. The van der Waals surface area contributed by atoms with Gasteiger partial charge in [-0.15, -0.1) is 0 Å². The number of nitrogens with zero attached hydrogens (tertiary/aromatic N) is 1. The Balaban J connectivity index is 3.45. The second-order valence-electron chi connectivity index (χ2n) is 11.9. The molecule has 0 radical (unpaired) electrons. The molecule has 0 fully saturated rings. The zero-order valence-corrected chi connectivity index (χ0v) is 25.6. The van der Waals surface area contributed by atoms with E-state index in [0.717, 1.165) is 6.26 Å². The lowest BCUT2D eigenvalue weighted by Gasteiger charge is -2.39. The summed E-state index contributed by atoms with van der Waals surface area (Å²) in [5.74, 6) is -1.63. The van der Waals surface area contributed by atoms with E-state index in [4.69, 9.17) is 4.74 Å². The highest BCUT2D eigenvalue weighted by atomic mass is 32.2. The van der Waals surface area contributed by atoms with Gasteiger partial charge in [0.1, 0.15) is 11.3 Å². The van der Waals surface area contributed by atoms with Crippen molar-refractivity contribution in [1.29, 1.82) is 0 Å². The van der Waals surface area contributed by atoms with E-state index in [1.807, 2.05) is 40.7 Å². The molecule has 2 amide bonds. The Bertz CT molecular complexity index is 1120. The minimum absolute atomic E-state index is 0.0505. The summed E-state index contributed by atoms with van der Waals surface area (Å²) in [6, 6.07) is 7.51. The van der Waals surface area contributed by atoms with Crippen LogP contribution in [0.3, 0.4) is 0 Å². The largest absolute Gasteiger partial charge is 0.463 e. The minimum Gasteiger partial charge on any atom is -0.463 e. The molecule has 0 spiro atoms. The molecule has 3 atom stereocenters. The van der Waals surface area contributed by atoms with E-state index in [0.29, 0.717) is 11.1 Å². The number of hydrogen-bond acceptors (Lipinski definition) is 6. The Hall–Kier alpha value is -2.68. The highest BCUT2D eigenvalue weighted by molar-refractivity contribution is 7.92. The zero-order chi connectivity index (χ0) is 29.6. The standard InChI is InChI=1S/C29H46N2O6S/c1-12-37-27(34)20(4)18-22(19(2)3)31(10)26(33)23(28(5,6)7)30-25(32)24(38(11,35)36)29(8,9)21-16-14-13-15-17-21/h13-19,22-24H,12H2,1-11H3,(H,30,32)/t22-,23-,24+/m1/s1. The van der Waals surface area contributed by atoms with Gasteiger partial charge < -0.3 is 15.0 Å². The third-order valence-electron chi connectivity index (χ3n) is 6.74. The Morgan fingerprint density at radius 2 is 1.58 bits per heavy atom. The second-order valence-corrected chi connectivity index (χ2v) is 14.0. The maximum Gasteiger partial charge on any atom is 0.333 e. The number of sulfone groups is 1. The molecule has 0 bridgehead atoms. The molecule has 9 heteroatoms. The van der Waals surface area contributed by atoms with Crippen LogP contribution in [0.15, 0.2) is 42.0 Å². The SMILES string of the molecule is CCOC(=O)C(C)=C[C@H](C(C)C)N(C)C(=O)[C@@H](NC(=O)[C@@H](C(C)(C)c1ccccc1)S(C)(=O)=O)C(C)(C)C. The number of nitrogens with one attached hydrogen (secondary N) is 1. The second kappa shape index (κ2) is 12.9. The predicted octanol–water partition coefficient (Wildman–Crippen LogP) is 3.90. The summed E-state index contributed by atoms with van der Waals surface area (Å²) >= 11 is 0. The molecule has 1 rings (SSSR count). The van der Waals surface area contributed by atoms with Crippen molar-refractivity contribution in [3.63, 3.8) is 0 Å². The molecule has 0 aromatic heterocycles. The summed E-state index contributed by atoms with van der Waals surface area (Å²) in [7, 11) is -2.25. The van der Waals surface area contributed by atoms with Crippen LogP contribution in [0, 0.1) is 11.3 Å². The third-order valence-corrected chi connectivity index (χ3v) is 8.39. The van der Waals surface area contributed by atoms with Crippen molar-refractivity contribution in [3.8, 4) is 0 Å². The summed E-state index contributed by atoms with van der Waals surface area (Å²) < 4.78 is 31.0. The van der Waals surface area contributed by atoms with E-state index >= 15 is 0 Å². The first-order valence-electron chi connectivity index (χ1n) is 12.9. The first-order chi connectivity index (χ1) is 17.3. The maximum absolute atomic E-state index is 13.9. The van der Waals surface area contributed by atoms with Crippen molar-refractivity contribution in [2.24, 2.45) is 11.3 Å². The van der Waals surface area contributed by atoms with Gasteiger partial charge in [-0.2, -0.15) is 0 Å². The lowest BCUT2D eigenvalue weighted by atomic mass is 9.80. The van der Waals surface area contributed by atoms with Crippen molar-refractivity contribution in [2.45, 2.75) is 85.1 Å². The average molecular weight is 551 g/mol. The van der Waals surface area contributed by atoms with Gasteiger partial charge in [-0.05, 0) is 30.7 Å². The minimum atomic E-state index is -3.87. The van der Waals surface area contributed by atoms with Crippen LogP contribution in [0.4, 0.5) is 0 Å². The Kier molecular flexibility index (Phi) is 11.3. The fraction of sp³-hybridized carbons (Fsp3) is 0.621. The van der Waals surface area contributed by atoms with Gasteiger partial charge in [-0.25, -0.2) is 13.2 Å². The van der Waals surface area contributed by atoms with Crippen molar-refractivity contribution < 1.29 is 27.5 Å². The first-order valence-corrected chi connectivity index (χ1v) is 14.9. The summed E-state index contributed by atoms with van der Waals surface area (Å²) in [5.41, 5.74) is -0.721. The molecular formula is C29H46N2O6S. The first kappa shape index (κ1) is 33.3.